The molecule has 3 aromatic rings. The van der Waals surface area contributed by atoms with Gasteiger partial charge in [0.2, 0.25) is 5.88 Å². The van der Waals surface area contributed by atoms with Crippen molar-refractivity contribution in [1.29, 1.82) is 0 Å². The zero-order valence-electron chi connectivity index (χ0n) is 20.1. The van der Waals surface area contributed by atoms with Crippen molar-refractivity contribution >= 4 is 22.8 Å². The molecule has 4 atom stereocenters. The van der Waals surface area contributed by atoms with E-state index in [4.69, 9.17) is 40.0 Å². The van der Waals surface area contributed by atoms with Gasteiger partial charge in [0.1, 0.15) is 53.9 Å². The average molecular weight is 542 g/mol. The van der Waals surface area contributed by atoms with Gasteiger partial charge in [0.05, 0.1) is 37.0 Å². The van der Waals surface area contributed by atoms with Crippen LogP contribution in [0.4, 0.5) is 8.78 Å². The third-order valence-electron chi connectivity index (χ3n) is 5.89. The summed E-state index contributed by atoms with van der Waals surface area (Å²) in [5, 5.41) is 9.99. The first-order valence-electron chi connectivity index (χ1n) is 11.8. The van der Waals surface area contributed by atoms with Crippen LogP contribution >= 0.6 is 11.6 Å². The molecule has 2 fully saturated rings. The van der Waals surface area contributed by atoms with Crippen molar-refractivity contribution in [3.05, 3.63) is 40.4 Å². The fourth-order valence-electron chi connectivity index (χ4n) is 4.11. The van der Waals surface area contributed by atoms with Gasteiger partial charge in [-0.1, -0.05) is 11.6 Å². The maximum Gasteiger partial charge on any atom is 0.296 e. The molecule has 37 heavy (non-hydrogen) atoms. The number of pyridine rings is 1. The molecule has 0 radical (unpaired) electrons. The molecule has 0 saturated carbocycles. The Morgan fingerprint density at radius 3 is 2.59 bits per heavy atom. The van der Waals surface area contributed by atoms with Crippen molar-refractivity contribution in [3.63, 3.8) is 0 Å². The lowest BCUT2D eigenvalue weighted by atomic mass is 10.1. The van der Waals surface area contributed by atoms with Gasteiger partial charge in [-0.2, -0.15) is 9.97 Å². The number of fused-ring (bicyclic) bond motifs is 2. The molecule has 0 amide bonds. The molecular weight excluding hydrogens is 516 g/mol. The minimum Gasteiger partial charge on any atom is -0.491 e. The van der Waals surface area contributed by atoms with Crippen LogP contribution in [0.25, 0.3) is 11.2 Å². The number of hydrogen-bond acceptors (Lipinski definition) is 9. The fourth-order valence-corrected chi connectivity index (χ4v) is 4.32. The number of ether oxygens (including phenoxy) is 6. The van der Waals surface area contributed by atoms with E-state index in [1.807, 2.05) is 13.8 Å². The van der Waals surface area contributed by atoms with Crippen molar-refractivity contribution in [2.45, 2.75) is 51.0 Å². The number of aliphatic hydroxyl groups excluding tert-OH is 1. The first-order valence-corrected chi connectivity index (χ1v) is 12.2. The smallest absolute Gasteiger partial charge is 0.296 e. The van der Waals surface area contributed by atoms with Crippen molar-refractivity contribution in [2.24, 2.45) is 0 Å². The van der Waals surface area contributed by atoms with E-state index in [2.05, 4.69) is 15.0 Å². The highest BCUT2D eigenvalue weighted by molar-refractivity contribution is 6.32. The molecule has 2 aromatic heterocycles. The highest BCUT2D eigenvalue weighted by Gasteiger charge is 2.48. The van der Waals surface area contributed by atoms with Gasteiger partial charge in [0.15, 0.2) is 11.8 Å². The highest BCUT2D eigenvalue weighted by Crippen LogP contribution is 2.32. The van der Waals surface area contributed by atoms with Crippen molar-refractivity contribution in [3.8, 4) is 17.6 Å². The lowest BCUT2D eigenvalue weighted by Crippen LogP contribution is -2.34. The first kappa shape index (κ1) is 25.9. The third-order valence-corrected chi connectivity index (χ3v) is 6.16. The molecule has 200 valence electrons. The second-order valence-electron chi connectivity index (χ2n) is 8.93. The minimum atomic E-state index is -0.830. The van der Waals surface area contributed by atoms with Crippen LogP contribution < -0.4 is 14.2 Å². The van der Waals surface area contributed by atoms with Gasteiger partial charge < -0.3 is 38.5 Å². The van der Waals surface area contributed by atoms with Gasteiger partial charge >= 0.3 is 0 Å². The monoisotopic (exact) mass is 541 g/mol. The van der Waals surface area contributed by atoms with E-state index in [1.165, 1.54) is 6.07 Å². The summed E-state index contributed by atoms with van der Waals surface area (Å²) in [6.45, 7) is 4.17. The zero-order valence-corrected chi connectivity index (χ0v) is 20.8. The molecule has 1 aromatic carbocycles. The number of nitrogens with one attached hydrogen (secondary N) is 1. The molecular formula is C24H26ClF2N3O7. The van der Waals surface area contributed by atoms with Crippen molar-refractivity contribution < 1.29 is 42.3 Å². The number of nitrogens with zero attached hydrogens (tertiary/aromatic N) is 2. The molecule has 2 aliphatic rings. The second-order valence-corrected chi connectivity index (χ2v) is 9.34. The Bertz CT molecular complexity index is 1240. The van der Waals surface area contributed by atoms with Crippen LogP contribution in [-0.4, -0.2) is 77.0 Å². The maximum atomic E-state index is 14.6. The topological polar surface area (TPSA) is 117 Å². The van der Waals surface area contributed by atoms with Crippen LogP contribution in [0.2, 0.25) is 5.02 Å². The highest BCUT2D eigenvalue weighted by atomic mass is 35.5. The van der Waals surface area contributed by atoms with Crippen LogP contribution in [0.15, 0.2) is 18.2 Å². The number of aliphatic hydroxyl groups is 1. The van der Waals surface area contributed by atoms with Crippen LogP contribution in [0, 0.1) is 11.6 Å². The molecule has 10 nitrogen and oxygen atoms in total. The summed E-state index contributed by atoms with van der Waals surface area (Å²) in [4.78, 5) is 11.5. The zero-order chi connectivity index (χ0) is 26.1. The number of aromatic nitrogens is 3. The van der Waals surface area contributed by atoms with Crippen LogP contribution in [0.1, 0.15) is 19.4 Å². The van der Waals surface area contributed by atoms with E-state index in [9.17, 15) is 13.9 Å². The maximum absolute atomic E-state index is 14.6. The normalized spacial score (nSPS) is 23.1. The summed E-state index contributed by atoms with van der Waals surface area (Å²) in [7, 11) is 0. The quantitative estimate of drug-likeness (QED) is 0.373. The SMILES string of the molecule is CC(C)OCCOc1cc(F)c(COc2nc3nc(O[C@@H]4COC5[C@H](O)CO[C@@H]54)[nH]c3cc2Cl)c(F)c1. The lowest BCUT2D eigenvalue weighted by Gasteiger charge is -2.15. The predicted molar refractivity (Wildman–Crippen MR) is 126 cm³/mol. The van der Waals surface area contributed by atoms with Gasteiger partial charge in [0.25, 0.3) is 6.01 Å². The summed E-state index contributed by atoms with van der Waals surface area (Å²) >= 11 is 6.27. The summed E-state index contributed by atoms with van der Waals surface area (Å²) in [6.07, 6.45) is -1.98. The van der Waals surface area contributed by atoms with E-state index < -0.39 is 42.7 Å². The summed E-state index contributed by atoms with van der Waals surface area (Å²) in [5.41, 5.74) is 0.394. The van der Waals surface area contributed by atoms with Crippen molar-refractivity contribution in [2.75, 3.05) is 26.4 Å². The van der Waals surface area contributed by atoms with Crippen LogP contribution in [0.5, 0.6) is 17.6 Å². The van der Waals surface area contributed by atoms with Crippen LogP contribution in [0.3, 0.4) is 0 Å². The second kappa shape index (κ2) is 10.9. The first-order chi connectivity index (χ1) is 17.8. The molecule has 1 unspecified atom stereocenters. The molecule has 0 bridgehead atoms. The van der Waals surface area contributed by atoms with Gasteiger partial charge in [-0.05, 0) is 19.9 Å². The van der Waals surface area contributed by atoms with E-state index in [0.717, 1.165) is 12.1 Å². The molecule has 2 saturated heterocycles. The Morgan fingerprint density at radius 1 is 1.08 bits per heavy atom. The predicted octanol–water partition coefficient (Wildman–Crippen LogP) is 3.18. The number of imidazole rings is 1. The number of benzene rings is 1. The fraction of sp³-hybridized carbons (Fsp3) is 0.500. The van der Waals surface area contributed by atoms with Crippen molar-refractivity contribution in [1.82, 2.24) is 15.0 Å². The van der Waals surface area contributed by atoms with E-state index in [1.54, 1.807) is 0 Å². The molecule has 2 N–H and O–H groups in total. The minimum absolute atomic E-state index is 0.0306. The molecule has 0 spiro atoms. The molecule has 2 aliphatic heterocycles. The Labute approximate surface area is 215 Å². The summed E-state index contributed by atoms with van der Waals surface area (Å²) in [6, 6.07) is 3.83. The molecule has 5 rings (SSSR count). The lowest BCUT2D eigenvalue weighted by molar-refractivity contribution is 0.00706. The van der Waals surface area contributed by atoms with E-state index >= 15 is 0 Å². The molecule has 0 aliphatic carbocycles. The summed E-state index contributed by atoms with van der Waals surface area (Å²) in [5.74, 6) is -1.67. The van der Waals surface area contributed by atoms with Crippen LogP contribution in [-0.2, 0) is 20.8 Å². The number of halogens is 3. The third kappa shape index (κ3) is 5.73. The van der Waals surface area contributed by atoms with E-state index in [-0.39, 0.29) is 59.8 Å². The Balaban J connectivity index is 1.23. The van der Waals surface area contributed by atoms with E-state index in [0.29, 0.717) is 12.1 Å². The average Bonchev–Trinajstić information content (AvgIpc) is 3.53. The number of rotatable bonds is 10. The number of hydrogen-bond donors (Lipinski definition) is 2. The molecule has 13 heteroatoms. The number of H-pyrrole nitrogens is 1. The van der Waals surface area contributed by atoms with Gasteiger partial charge in [-0.25, -0.2) is 8.78 Å². The summed E-state index contributed by atoms with van der Waals surface area (Å²) < 4.78 is 62.3. The Kier molecular flexibility index (Phi) is 7.63. The van der Waals surface area contributed by atoms with Gasteiger partial charge in [0, 0.05) is 12.1 Å². The largest absolute Gasteiger partial charge is 0.491 e. The van der Waals surface area contributed by atoms with Gasteiger partial charge in [-0.3, -0.25) is 0 Å². The number of aromatic amines is 1. The Hall–Kier alpha value is -2.77. The Morgan fingerprint density at radius 2 is 1.84 bits per heavy atom. The molecule has 4 heterocycles. The standard InChI is InChI=1S/C24H26ClF2N3O7/c1-11(2)32-3-4-33-12-5-15(26)13(16(27)6-12)8-36-23-14(25)7-17-22(29-23)30-24(28-17)37-19-10-35-20-18(31)9-34-21(19)20/h5-7,11,18-21,31H,3-4,8-10H2,1-2H3,(H,28,29,30)/t18-,19-,20?,21-/m1/s1. The van der Waals surface area contributed by atoms with Gasteiger partial charge in [-0.15, -0.1) is 0 Å².